The second-order valence-electron chi connectivity index (χ2n) is 5.84. The van der Waals surface area contributed by atoms with Gasteiger partial charge in [-0.15, -0.1) is 0 Å². The molecule has 4 heteroatoms. The molecule has 0 fully saturated rings. The highest BCUT2D eigenvalue weighted by atomic mass is 35.5. The summed E-state index contributed by atoms with van der Waals surface area (Å²) in [6, 6.07) is 3.87. The van der Waals surface area contributed by atoms with Crippen LogP contribution in [0.2, 0.25) is 5.02 Å². The van der Waals surface area contributed by atoms with Crippen molar-refractivity contribution >= 4 is 17.6 Å². The average molecular weight is 285 g/mol. The van der Waals surface area contributed by atoms with E-state index >= 15 is 0 Å². The van der Waals surface area contributed by atoms with Crippen molar-refractivity contribution in [3.63, 3.8) is 0 Å². The molecule has 0 spiro atoms. The Bertz CT molecular complexity index is 475. The fourth-order valence-corrected chi connectivity index (χ4v) is 2.20. The molecule has 106 valence electrons. The molecule has 1 N–H and O–H groups in total. The number of hydrogen-bond acceptors (Lipinski definition) is 2. The van der Waals surface area contributed by atoms with Crippen molar-refractivity contribution in [1.82, 2.24) is 0 Å². The van der Waals surface area contributed by atoms with Crippen LogP contribution in [-0.4, -0.2) is 18.2 Å². The molecule has 0 bridgehead atoms. The maximum Gasteiger partial charge on any atom is 0.306 e. The van der Waals surface area contributed by atoms with Gasteiger partial charge in [0.2, 0.25) is 0 Å². The number of carboxylic acid groups (broad SMARTS) is 1. The third kappa shape index (κ3) is 3.87. The topological polar surface area (TPSA) is 46.5 Å². The van der Waals surface area contributed by atoms with Crippen LogP contribution in [0.5, 0.6) is 5.75 Å². The molecular formula is C15H21ClO3. The Balaban J connectivity index is 3.27. The summed E-state index contributed by atoms with van der Waals surface area (Å²) in [4.78, 5) is 11.0. The Hall–Kier alpha value is -1.22. The van der Waals surface area contributed by atoms with E-state index in [1.54, 1.807) is 14.0 Å². The van der Waals surface area contributed by atoms with Gasteiger partial charge in [-0.25, -0.2) is 0 Å². The molecule has 0 radical (unpaired) electrons. The molecule has 0 amide bonds. The number of rotatable bonds is 4. The van der Waals surface area contributed by atoms with E-state index in [2.05, 4.69) is 20.8 Å². The summed E-state index contributed by atoms with van der Waals surface area (Å²) < 4.78 is 5.30. The number of carboxylic acids is 1. The van der Waals surface area contributed by atoms with Crippen LogP contribution in [0.15, 0.2) is 12.1 Å². The zero-order valence-corrected chi connectivity index (χ0v) is 12.8. The lowest BCUT2D eigenvalue weighted by Gasteiger charge is -2.22. The van der Waals surface area contributed by atoms with E-state index < -0.39 is 11.9 Å². The first-order chi connectivity index (χ1) is 8.66. The summed E-state index contributed by atoms with van der Waals surface area (Å²) in [5.41, 5.74) is 1.87. The van der Waals surface area contributed by atoms with E-state index in [4.69, 9.17) is 21.4 Å². The normalized spacial score (nSPS) is 13.2. The highest BCUT2D eigenvalue weighted by Crippen LogP contribution is 2.35. The molecule has 0 aliphatic heterocycles. The quantitative estimate of drug-likeness (QED) is 0.912. The summed E-state index contributed by atoms with van der Waals surface area (Å²) in [5, 5.41) is 9.56. The fourth-order valence-electron chi connectivity index (χ4n) is 1.88. The third-order valence-electron chi connectivity index (χ3n) is 3.14. The van der Waals surface area contributed by atoms with Crippen molar-refractivity contribution in [1.29, 1.82) is 0 Å². The van der Waals surface area contributed by atoms with Crippen molar-refractivity contribution in [2.24, 2.45) is 5.92 Å². The molecule has 0 aliphatic rings. The number of carbonyl (C=O) groups is 1. The lowest BCUT2D eigenvalue weighted by atomic mass is 9.85. The summed E-state index contributed by atoms with van der Waals surface area (Å²) in [6.45, 7) is 7.96. The van der Waals surface area contributed by atoms with Crippen LogP contribution in [0.4, 0.5) is 0 Å². The molecule has 3 nitrogen and oxygen atoms in total. The first-order valence-corrected chi connectivity index (χ1v) is 6.64. The minimum Gasteiger partial charge on any atom is -0.495 e. The van der Waals surface area contributed by atoms with Crippen molar-refractivity contribution in [3.8, 4) is 5.75 Å². The van der Waals surface area contributed by atoms with Gasteiger partial charge < -0.3 is 9.84 Å². The summed E-state index contributed by atoms with van der Waals surface area (Å²) >= 11 is 6.23. The maximum absolute atomic E-state index is 11.0. The zero-order chi connectivity index (χ0) is 14.8. The molecular weight excluding hydrogens is 264 g/mol. The second-order valence-corrected chi connectivity index (χ2v) is 6.25. The van der Waals surface area contributed by atoms with Crippen LogP contribution in [0.3, 0.4) is 0 Å². The minimum absolute atomic E-state index is 0.0445. The molecule has 0 saturated heterocycles. The van der Waals surface area contributed by atoms with Crippen molar-refractivity contribution < 1.29 is 14.6 Å². The van der Waals surface area contributed by atoms with Gasteiger partial charge in [0.25, 0.3) is 0 Å². The molecule has 0 aliphatic carbocycles. The Morgan fingerprint density at radius 2 is 2.00 bits per heavy atom. The van der Waals surface area contributed by atoms with Gasteiger partial charge >= 0.3 is 5.97 Å². The third-order valence-corrected chi connectivity index (χ3v) is 3.42. The van der Waals surface area contributed by atoms with Gasteiger partial charge in [0.05, 0.1) is 18.1 Å². The number of benzene rings is 1. The number of aliphatic carboxylic acids is 1. The first-order valence-electron chi connectivity index (χ1n) is 6.26. The molecule has 19 heavy (non-hydrogen) atoms. The van der Waals surface area contributed by atoms with E-state index in [0.29, 0.717) is 17.2 Å². The van der Waals surface area contributed by atoms with Crippen LogP contribution >= 0.6 is 11.6 Å². The number of methoxy groups -OCH3 is 1. The van der Waals surface area contributed by atoms with Gasteiger partial charge in [-0.3, -0.25) is 4.79 Å². The molecule has 1 unspecified atom stereocenters. The molecule has 0 heterocycles. The molecule has 1 aromatic rings. The molecule has 1 aromatic carbocycles. The number of halogens is 1. The average Bonchev–Trinajstić information content (AvgIpc) is 2.27. The summed E-state index contributed by atoms with van der Waals surface area (Å²) in [5.74, 6) is -0.720. The van der Waals surface area contributed by atoms with E-state index in [1.165, 1.54) is 0 Å². The van der Waals surface area contributed by atoms with Crippen molar-refractivity contribution in [3.05, 3.63) is 28.3 Å². The highest BCUT2D eigenvalue weighted by molar-refractivity contribution is 6.32. The number of hydrogen-bond donors (Lipinski definition) is 1. The minimum atomic E-state index is -0.820. The predicted octanol–water partition coefficient (Wildman–Crippen LogP) is 3.91. The van der Waals surface area contributed by atoms with Gasteiger partial charge in [-0.1, -0.05) is 45.4 Å². The van der Waals surface area contributed by atoms with Crippen molar-refractivity contribution in [2.75, 3.05) is 7.11 Å². The van der Waals surface area contributed by atoms with Gasteiger partial charge in [0.15, 0.2) is 0 Å². The largest absolute Gasteiger partial charge is 0.495 e. The molecule has 1 atom stereocenters. The molecule has 0 saturated carbocycles. The lowest BCUT2D eigenvalue weighted by molar-refractivity contribution is -0.141. The van der Waals surface area contributed by atoms with Crippen molar-refractivity contribution in [2.45, 2.75) is 39.5 Å². The van der Waals surface area contributed by atoms with Gasteiger partial charge in [0, 0.05) is 0 Å². The lowest BCUT2D eigenvalue weighted by Crippen LogP contribution is -2.15. The van der Waals surface area contributed by atoms with Gasteiger partial charge in [-0.2, -0.15) is 0 Å². The zero-order valence-electron chi connectivity index (χ0n) is 12.1. The van der Waals surface area contributed by atoms with Crippen LogP contribution in [0.1, 0.15) is 38.8 Å². The van der Waals surface area contributed by atoms with E-state index in [9.17, 15) is 4.79 Å². The van der Waals surface area contributed by atoms with Gasteiger partial charge in [-0.05, 0) is 29.0 Å². The molecule has 1 rings (SSSR count). The number of ether oxygens (including phenoxy) is 1. The Morgan fingerprint density at radius 3 is 2.42 bits per heavy atom. The molecule has 0 aromatic heterocycles. The van der Waals surface area contributed by atoms with Crippen LogP contribution in [-0.2, 0) is 16.6 Å². The van der Waals surface area contributed by atoms with Crippen LogP contribution in [0.25, 0.3) is 0 Å². The second kappa shape index (κ2) is 5.83. The maximum atomic E-state index is 11.0. The van der Waals surface area contributed by atoms with E-state index in [1.807, 2.05) is 12.1 Å². The highest BCUT2D eigenvalue weighted by Gasteiger charge is 2.21. The summed E-state index contributed by atoms with van der Waals surface area (Å²) in [6.07, 6.45) is 0.405. The standard InChI is InChI=1S/C15H21ClO3/c1-9(14(17)18)6-10-7-11(15(2,3)4)8-12(16)13(10)19-5/h7-9H,6H2,1-5H3,(H,17,18). The SMILES string of the molecule is COc1c(Cl)cc(C(C)(C)C)cc1CC(C)C(=O)O. The van der Waals surface area contributed by atoms with E-state index in [0.717, 1.165) is 11.1 Å². The van der Waals surface area contributed by atoms with E-state index in [-0.39, 0.29) is 5.41 Å². The Kier molecular flexibility index (Phi) is 4.86. The van der Waals surface area contributed by atoms with Crippen LogP contribution < -0.4 is 4.74 Å². The first kappa shape index (κ1) is 15.8. The van der Waals surface area contributed by atoms with Gasteiger partial charge in [0.1, 0.15) is 5.75 Å². The Labute approximate surface area is 119 Å². The monoisotopic (exact) mass is 284 g/mol. The fraction of sp³-hybridized carbons (Fsp3) is 0.533. The summed E-state index contributed by atoms with van der Waals surface area (Å²) in [7, 11) is 1.55. The van der Waals surface area contributed by atoms with Crippen LogP contribution in [0, 0.1) is 5.92 Å². The smallest absolute Gasteiger partial charge is 0.306 e. The Morgan fingerprint density at radius 1 is 1.42 bits per heavy atom. The predicted molar refractivity (Wildman–Crippen MR) is 77.2 cm³/mol.